The van der Waals surface area contributed by atoms with Gasteiger partial charge in [0.25, 0.3) is 0 Å². The molecule has 27 heavy (non-hydrogen) atoms. The van der Waals surface area contributed by atoms with Gasteiger partial charge in [-0.15, -0.1) is 0 Å². The second kappa shape index (κ2) is 10.2. The standard InChI is InChI=1S/C20H30ClN3O3/c21-18-5-1-2-6-19(18)27-17-7-10-24(11-8-17)20(26)22-14-16-4-3-9-23(15-16)12-13-25/h1-2,5-6,16-17,25H,3-4,7-15H2,(H,22,26). The Morgan fingerprint density at radius 1 is 1.22 bits per heavy atom. The van der Waals surface area contributed by atoms with Gasteiger partial charge < -0.3 is 25.0 Å². The first-order valence-corrected chi connectivity index (χ1v) is 10.3. The minimum absolute atomic E-state index is 0.0190. The minimum atomic E-state index is 0.0190. The van der Waals surface area contributed by atoms with Crippen molar-refractivity contribution in [3.63, 3.8) is 0 Å². The number of hydrogen-bond donors (Lipinski definition) is 2. The summed E-state index contributed by atoms with van der Waals surface area (Å²) in [6, 6.07) is 7.53. The average molecular weight is 396 g/mol. The number of nitrogens with one attached hydrogen (secondary N) is 1. The predicted octanol–water partition coefficient (Wildman–Crippen LogP) is 2.60. The third kappa shape index (κ3) is 5.99. The van der Waals surface area contributed by atoms with Crippen molar-refractivity contribution in [1.29, 1.82) is 0 Å². The van der Waals surface area contributed by atoms with Crippen molar-refractivity contribution in [3.8, 4) is 5.75 Å². The van der Waals surface area contributed by atoms with E-state index in [0.717, 1.165) is 45.3 Å². The highest BCUT2D eigenvalue weighted by atomic mass is 35.5. The van der Waals surface area contributed by atoms with Crippen molar-refractivity contribution >= 4 is 17.6 Å². The van der Waals surface area contributed by atoms with Gasteiger partial charge in [0.1, 0.15) is 11.9 Å². The summed E-state index contributed by atoms with van der Waals surface area (Å²) >= 11 is 6.15. The van der Waals surface area contributed by atoms with Crippen LogP contribution >= 0.6 is 11.6 Å². The number of carbonyl (C=O) groups is 1. The van der Waals surface area contributed by atoms with Crippen LogP contribution in [0.2, 0.25) is 5.02 Å². The van der Waals surface area contributed by atoms with Crippen molar-refractivity contribution in [3.05, 3.63) is 29.3 Å². The van der Waals surface area contributed by atoms with Gasteiger partial charge in [-0.05, 0) is 37.4 Å². The van der Waals surface area contributed by atoms with E-state index in [1.807, 2.05) is 29.2 Å². The van der Waals surface area contributed by atoms with Gasteiger partial charge in [0.05, 0.1) is 11.6 Å². The molecule has 0 saturated carbocycles. The van der Waals surface area contributed by atoms with Crippen molar-refractivity contribution in [2.45, 2.75) is 31.8 Å². The number of β-amino-alcohol motifs (C(OH)–C–C–N with tert-alkyl or cyclic N) is 1. The van der Waals surface area contributed by atoms with Crippen molar-refractivity contribution < 1.29 is 14.6 Å². The van der Waals surface area contributed by atoms with E-state index < -0.39 is 0 Å². The molecule has 6 nitrogen and oxygen atoms in total. The molecule has 0 bridgehead atoms. The Labute approximate surface area is 166 Å². The maximum Gasteiger partial charge on any atom is 0.317 e. The highest BCUT2D eigenvalue weighted by molar-refractivity contribution is 6.32. The first-order valence-electron chi connectivity index (χ1n) is 9.93. The summed E-state index contributed by atoms with van der Waals surface area (Å²) in [7, 11) is 0. The molecule has 1 aromatic rings. The van der Waals surface area contributed by atoms with Gasteiger partial charge in [-0.25, -0.2) is 4.79 Å². The van der Waals surface area contributed by atoms with Gasteiger partial charge in [0.2, 0.25) is 0 Å². The van der Waals surface area contributed by atoms with Crippen LogP contribution in [0.3, 0.4) is 0 Å². The maximum absolute atomic E-state index is 12.5. The zero-order valence-corrected chi connectivity index (χ0v) is 16.5. The first kappa shape index (κ1) is 20.2. The van der Waals surface area contributed by atoms with Gasteiger partial charge in [0.15, 0.2) is 0 Å². The second-order valence-corrected chi connectivity index (χ2v) is 7.86. The molecule has 0 radical (unpaired) electrons. The average Bonchev–Trinajstić information content (AvgIpc) is 2.69. The van der Waals surface area contributed by atoms with E-state index in [1.165, 1.54) is 0 Å². The van der Waals surface area contributed by atoms with Crippen molar-refractivity contribution in [2.75, 3.05) is 45.9 Å². The number of halogens is 1. The summed E-state index contributed by atoms with van der Waals surface area (Å²) in [5, 5.41) is 12.8. The van der Waals surface area contributed by atoms with E-state index in [-0.39, 0.29) is 18.7 Å². The molecule has 2 heterocycles. The number of nitrogens with zero attached hydrogens (tertiary/aromatic N) is 2. The fraction of sp³-hybridized carbons (Fsp3) is 0.650. The Balaban J connectivity index is 1.38. The third-order valence-electron chi connectivity index (χ3n) is 5.42. The van der Waals surface area contributed by atoms with Crippen LogP contribution < -0.4 is 10.1 Å². The van der Waals surface area contributed by atoms with Crippen LogP contribution in [-0.2, 0) is 0 Å². The molecule has 0 aliphatic carbocycles. The molecule has 0 aromatic heterocycles. The van der Waals surface area contributed by atoms with Crippen LogP contribution in [0.25, 0.3) is 0 Å². The number of aliphatic hydroxyl groups is 1. The number of benzene rings is 1. The molecule has 3 rings (SSSR count). The minimum Gasteiger partial charge on any atom is -0.489 e. The lowest BCUT2D eigenvalue weighted by Gasteiger charge is -2.34. The largest absolute Gasteiger partial charge is 0.489 e. The Bertz CT molecular complexity index is 606. The number of amides is 2. The van der Waals surface area contributed by atoms with Crippen molar-refractivity contribution in [2.24, 2.45) is 5.92 Å². The lowest BCUT2D eigenvalue weighted by molar-refractivity contribution is 0.108. The number of para-hydroxylation sites is 1. The maximum atomic E-state index is 12.5. The van der Waals surface area contributed by atoms with Gasteiger partial charge in [-0.1, -0.05) is 23.7 Å². The molecule has 1 aromatic carbocycles. The molecule has 2 amide bonds. The smallest absolute Gasteiger partial charge is 0.317 e. The number of rotatable bonds is 6. The molecule has 2 fully saturated rings. The molecule has 2 N–H and O–H groups in total. The van der Waals surface area contributed by atoms with Crippen LogP contribution in [-0.4, -0.2) is 72.9 Å². The van der Waals surface area contributed by atoms with E-state index in [2.05, 4.69) is 10.2 Å². The van der Waals surface area contributed by atoms with Gasteiger partial charge >= 0.3 is 6.03 Å². The molecule has 2 aliphatic rings. The molecular formula is C20H30ClN3O3. The molecule has 2 aliphatic heterocycles. The Morgan fingerprint density at radius 2 is 2.00 bits per heavy atom. The fourth-order valence-corrected chi connectivity index (χ4v) is 4.08. The molecule has 1 unspecified atom stereocenters. The summed E-state index contributed by atoms with van der Waals surface area (Å²) in [5.41, 5.74) is 0. The van der Waals surface area contributed by atoms with E-state index in [0.29, 0.717) is 36.3 Å². The molecular weight excluding hydrogens is 366 g/mol. The predicted molar refractivity (Wildman–Crippen MR) is 106 cm³/mol. The number of ether oxygens (including phenoxy) is 1. The Hall–Kier alpha value is -1.50. The normalized spacial score (nSPS) is 21.9. The number of piperidine rings is 2. The van der Waals surface area contributed by atoms with Gasteiger partial charge in [0, 0.05) is 45.6 Å². The summed E-state index contributed by atoms with van der Waals surface area (Å²) in [6.45, 7) is 5.02. The molecule has 1 atom stereocenters. The quantitative estimate of drug-likeness (QED) is 0.777. The van der Waals surface area contributed by atoms with Crippen LogP contribution in [0.4, 0.5) is 4.79 Å². The van der Waals surface area contributed by atoms with Gasteiger partial charge in [-0.3, -0.25) is 0 Å². The van der Waals surface area contributed by atoms with E-state index >= 15 is 0 Å². The van der Waals surface area contributed by atoms with Crippen molar-refractivity contribution in [1.82, 2.24) is 15.1 Å². The van der Waals surface area contributed by atoms with Crippen LogP contribution in [0.15, 0.2) is 24.3 Å². The SMILES string of the molecule is O=C(NCC1CCCN(CCO)C1)N1CCC(Oc2ccccc2Cl)CC1. The molecule has 150 valence electrons. The molecule has 0 spiro atoms. The molecule has 7 heteroatoms. The van der Waals surface area contributed by atoms with Crippen LogP contribution in [0.1, 0.15) is 25.7 Å². The number of hydrogen-bond acceptors (Lipinski definition) is 4. The molecule has 2 saturated heterocycles. The fourth-order valence-electron chi connectivity index (χ4n) is 3.90. The lowest BCUT2D eigenvalue weighted by Crippen LogP contribution is -2.49. The third-order valence-corrected chi connectivity index (χ3v) is 5.73. The lowest BCUT2D eigenvalue weighted by atomic mass is 9.98. The number of likely N-dealkylation sites (tertiary alicyclic amines) is 2. The zero-order valence-electron chi connectivity index (χ0n) is 15.8. The topological polar surface area (TPSA) is 65.0 Å². The van der Waals surface area contributed by atoms with Crippen LogP contribution in [0, 0.1) is 5.92 Å². The number of carbonyl (C=O) groups excluding carboxylic acids is 1. The number of aliphatic hydroxyl groups excluding tert-OH is 1. The second-order valence-electron chi connectivity index (χ2n) is 7.45. The van der Waals surface area contributed by atoms with Crippen LogP contribution in [0.5, 0.6) is 5.75 Å². The first-order chi connectivity index (χ1) is 13.2. The summed E-state index contributed by atoms with van der Waals surface area (Å²) in [6.07, 6.45) is 3.99. The summed E-state index contributed by atoms with van der Waals surface area (Å²) < 4.78 is 5.99. The number of urea groups is 1. The Kier molecular flexibility index (Phi) is 7.61. The zero-order chi connectivity index (χ0) is 19.1. The monoisotopic (exact) mass is 395 g/mol. The highest BCUT2D eigenvalue weighted by Crippen LogP contribution is 2.26. The van der Waals surface area contributed by atoms with E-state index in [1.54, 1.807) is 0 Å². The summed E-state index contributed by atoms with van der Waals surface area (Å²) in [4.78, 5) is 16.6. The highest BCUT2D eigenvalue weighted by Gasteiger charge is 2.25. The Morgan fingerprint density at radius 3 is 2.74 bits per heavy atom. The van der Waals surface area contributed by atoms with E-state index in [9.17, 15) is 4.79 Å². The van der Waals surface area contributed by atoms with E-state index in [4.69, 9.17) is 21.4 Å². The van der Waals surface area contributed by atoms with Gasteiger partial charge in [-0.2, -0.15) is 0 Å². The summed E-state index contributed by atoms with van der Waals surface area (Å²) in [5.74, 6) is 1.18.